The number of hydrogen-bond acceptors (Lipinski definition) is 2. The molecule has 3 rings (SSSR count). The Morgan fingerprint density at radius 1 is 1.05 bits per heavy atom. The van der Waals surface area contributed by atoms with Crippen molar-refractivity contribution in [2.75, 3.05) is 5.32 Å². The smallest absolute Gasteiger partial charge is 0.248 e. The van der Waals surface area contributed by atoms with Gasteiger partial charge in [-0.25, -0.2) is 26.9 Å². The van der Waals surface area contributed by atoms with Gasteiger partial charge < -0.3 is 9.88 Å². The molecule has 0 spiro atoms. The first-order chi connectivity index (χ1) is 18.3. The summed E-state index contributed by atoms with van der Waals surface area (Å²) in [5, 5.41) is 1.72. The molecule has 1 aromatic carbocycles. The van der Waals surface area contributed by atoms with Crippen LogP contribution in [0.2, 0.25) is 0 Å². The number of benzene rings is 1. The Hall–Kier alpha value is -3.75. The van der Waals surface area contributed by atoms with Crippen molar-refractivity contribution in [3.05, 3.63) is 107 Å². The molecule has 2 aromatic rings. The Bertz CT molecular complexity index is 1350. The molecule has 208 valence electrons. The normalized spacial score (nSPS) is 18.5. The number of halogens is 5. The van der Waals surface area contributed by atoms with E-state index in [0.717, 1.165) is 31.0 Å². The number of imidazole rings is 1. The molecule has 1 amide bonds. The highest BCUT2D eigenvalue weighted by Gasteiger charge is 2.32. The van der Waals surface area contributed by atoms with Crippen molar-refractivity contribution in [3.63, 3.8) is 0 Å². The Kier molecular flexibility index (Phi) is 9.48. The van der Waals surface area contributed by atoms with Crippen LogP contribution in [0.25, 0.3) is 0 Å². The molecule has 0 radical (unpaired) electrons. The van der Waals surface area contributed by atoms with Crippen LogP contribution in [0.1, 0.15) is 47.5 Å². The topological polar surface area (TPSA) is 46.9 Å². The number of hydrogen-bond donors (Lipinski definition) is 1. The summed E-state index contributed by atoms with van der Waals surface area (Å²) >= 11 is 0. The fourth-order valence-corrected chi connectivity index (χ4v) is 4.63. The third-order valence-electron chi connectivity index (χ3n) is 6.92. The second-order valence-corrected chi connectivity index (χ2v) is 10.4. The molecule has 1 aliphatic rings. The summed E-state index contributed by atoms with van der Waals surface area (Å²) in [7, 11) is 0. The second-order valence-electron chi connectivity index (χ2n) is 10.4. The lowest BCUT2D eigenvalue weighted by atomic mass is 9.68. The predicted octanol–water partition coefficient (Wildman–Crippen LogP) is 7.98. The lowest BCUT2D eigenvalue weighted by molar-refractivity contribution is -0.112. The maximum atomic E-state index is 13.8. The molecule has 9 heteroatoms. The molecule has 1 unspecified atom stereocenters. The van der Waals surface area contributed by atoms with Gasteiger partial charge in [0.05, 0.1) is 6.33 Å². The highest BCUT2D eigenvalue weighted by atomic mass is 19.2. The molecule has 1 aliphatic carbocycles. The third kappa shape index (κ3) is 7.22. The third-order valence-corrected chi connectivity index (χ3v) is 6.92. The molecular weight excluding hydrogens is 513 g/mol. The number of amides is 1. The van der Waals surface area contributed by atoms with Crippen LogP contribution in [0, 0.1) is 40.4 Å². The summed E-state index contributed by atoms with van der Waals surface area (Å²) in [5.74, 6) is -11.4. The summed E-state index contributed by atoms with van der Waals surface area (Å²) in [6.45, 7) is 11.1. The maximum absolute atomic E-state index is 13.8. The van der Waals surface area contributed by atoms with Crippen LogP contribution in [-0.2, 0) is 11.3 Å². The highest BCUT2D eigenvalue weighted by molar-refractivity contribution is 6.00. The molecule has 4 nitrogen and oxygen atoms in total. The molecule has 39 heavy (non-hydrogen) atoms. The van der Waals surface area contributed by atoms with Crippen molar-refractivity contribution in [3.8, 4) is 0 Å². The van der Waals surface area contributed by atoms with Crippen molar-refractivity contribution in [1.29, 1.82) is 0 Å². The monoisotopic (exact) mass is 545 g/mol. The van der Waals surface area contributed by atoms with E-state index in [1.165, 1.54) is 11.1 Å². The molecule has 1 atom stereocenters. The van der Waals surface area contributed by atoms with Crippen LogP contribution in [-0.4, -0.2) is 15.5 Å². The van der Waals surface area contributed by atoms with Gasteiger partial charge >= 0.3 is 0 Å². The number of nitrogens with one attached hydrogen (secondary N) is 1. The largest absolute Gasteiger partial charge is 0.337 e. The van der Waals surface area contributed by atoms with Gasteiger partial charge in [-0.1, -0.05) is 55.4 Å². The Labute approximate surface area is 225 Å². The van der Waals surface area contributed by atoms with Crippen molar-refractivity contribution >= 4 is 11.6 Å². The first-order valence-electron chi connectivity index (χ1n) is 12.5. The summed E-state index contributed by atoms with van der Waals surface area (Å²) in [6, 6.07) is 0. The minimum Gasteiger partial charge on any atom is -0.337 e. The number of aromatic nitrogens is 2. The van der Waals surface area contributed by atoms with Crippen molar-refractivity contribution in [1.82, 2.24) is 9.55 Å². The fourth-order valence-electron chi connectivity index (χ4n) is 4.63. The van der Waals surface area contributed by atoms with E-state index in [1.54, 1.807) is 30.6 Å². The highest BCUT2D eigenvalue weighted by Crippen LogP contribution is 2.44. The molecule has 1 N–H and O–H groups in total. The zero-order chi connectivity index (χ0) is 28.9. The van der Waals surface area contributed by atoms with Gasteiger partial charge in [0, 0.05) is 25.0 Å². The van der Waals surface area contributed by atoms with Gasteiger partial charge in [0.2, 0.25) is 11.7 Å². The zero-order valence-corrected chi connectivity index (χ0v) is 22.6. The van der Waals surface area contributed by atoms with Crippen molar-refractivity contribution < 1.29 is 26.7 Å². The van der Waals surface area contributed by atoms with Crippen LogP contribution in [0.4, 0.5) is 27.6 Å². The number of anilines is 1. The molecule has 1 heterocycles. The van der Waals surface area contributed by atoms with Crippen LogP contribution < -0.4 is 5.32 Å². The SMILES string of the molecule is CC1=C(/C=C/C(C)=C/C=C/C(C)=C/C(=O)Nc2c(F)c(F)c(F)c(F)c2F)C(C)(C)CCC1Cn1ccnc1. The summed E-state index contributed by atoms with van der Waals surface area (Å²) in [5.41, 5.74) is 2.67. The molecule has 0 saturated carbocycles. The first-order valence-corrected chi connectivity index (χ1v) is 12.5. The van der Waals surface area contributed by atoms with Gasteiger partial charge in [-0.3, -0.25) is 4.79 Å². The minimum absolute atomic E-state index is 0.0458. The Morgan fingerprint density at radius 2 is 1.69 bits per heavy atom. The quantitative estimate of drug-likeness (QED) is 0.120. The van der Waals surface area contributed by atoms with Gasteiger partial charge in [-0.05, 0) is 56.1 Å². The van der Waals surface area contributed by atoms with E-state index in [2.05, 4.69) is 36.4 Å². The van der Waals surface area contributed by atoms with E-state index in [4.69, 9.17) is 0 Å². The summed E-state index contributed by atoms with van der Waals surface area (Å²) < 4.78 is 69.5. The molecule has 0 fully saturated rings. The molecule has 0 bridgehead atoms. The van der Waals surface area contributed by atoms with E-state index in [1.807, 2.05) is 31.6 Å². The molecule has 1 aromatic heterocycles. The Morgan fingerprint density at radius 3 is 2.31 bits per heavy atom. The standard InChI is InChI=1S/C30H32F5N3O/c1-18(9-10-22-20(3)21(11-12-30(22,4)5)16-38-14-13-36-17-38)7-6-8-19(2)15-23(39)37-29-27(34)25(32)24(31)26(33)28(29)35/h6-10,13-15,17,21H,11-12,16H2,1-5H3,(H,37,39)/b8-6+,10-9+,18-7+,19-15+. The minimum atomic E-state index is -2.29. The van der Waals surface area contributed by atoms with Gasteiger partial charge in [-0.2, -0.15) is 0 Å². The van der Waals surface area contributed by atoms with Gasteiger partial charge in [0.1, 0.15) is 5.69 Å². The van der Waals surface area contributed by atoms with E-state index < -0.39 is 40.7 Å². The summed E-state index contributed by atoms with van der Waals surface area (Å²) in [6.07, 6.45) is 18.1. The molecule has 0 aliphatic heterocycles. The van der Waals surface area contributed by atoms with Crippen LogP contribution in [0.5, 0.6) is 0 Å². The number of carbonyl (C=O) groups is 1. The van der Waals surface area contributed by atoms with E-state index in [0.29, 0.717) is 11.5 Å². The number of rotatable bonds is 8. The van der Waals surface area contributed by atoms with E-state index in [9.17, 15) is 26.7 Å². The van der Waals surface area contributed by atoms with Crippen LogP contribution >= 0.6 is 0 Å². The lowest BCUT2D eigenvalue weighted by Crippen LogP contribution is -2.26. The van der Waals surface area contributed by atoms with Gasteiger partial charge in [0.15, 0.2) is 23.3 Å². The second kappa shape index (κ2) is 12.4. The van der Waals surface area contributed by atoms with E-state index in [-0.39, 0.29) is 5.41 Å². The average molecular weight is 546 g/mol. The summed E-state index contributed by atoms with van der Waals surface area (Å²) in [4.78, 5) is 16.2. The number of allylic oxidation sites excluding steroid dienone is 9. The van der Waals surface area contributed by atoms with E-state index >= 15 is 0 Å². The Balaban J connectivity index is 1.68. The number of carbonyl (C=O) groups excluding carboxylic acids is 1. The first kappa shape index (κ1) is 29.8. The van der Waals surface area contributed by atoms with Crippen molar-refractivity contribution in [2.45, 2.75) is 54.0 Å². The predicted molar refractivity (Wildman–Crippen MR) is 142 cm³/mol. The lowest BCUT2D eigenvalue weighted by Gasteiger charge is -2.37. The van der Waals surface area contributed by atoms with Crippen LogP contribution in [0.3, 0.4) is 0 Å². The zero-order valence-electron chi connectivity index (χ0n) is 22.6. The average Bonchev–Trinajstić information content (AvgIpc) is 3.39. The number of nitrogens with zero attached hydrogens (tertiary/aromatic N) is 2. The van der Waals surface area contributed by atoms with Crippen molar-refractivity contribution in [2.24, 2.45) is 11.3 Å². The molecular formula is C30H32F5N3O. The maximum Gasteiger partial charge on any atom is 0.248 e. The van der Waals surface area contributed by atoms with Gasteiger partial charge in [0.25, 0.3) is 0 Å². The van der Waals surface area contributed by atoms with Crippen LogP contribution in [0.15, 0.2) is 77.5 Å². The van der Waals surface area contributed by atoms with Gasteiger partial charge in [-0.15, -0.1) is 0 Å². The molecule has 0 saturated heterocycles. The fraction of sp³-hybridized carbons (Fsp3) is 0.333.